The summed E-state index contributed by atoms with van der Waals surface area (Å²) < 4.78 is 0. The fraction of sp³-hybridized carbons (Fsp3) is 0.714. The summed E-state index contributed by atoms with van der Waals surface area (Å²) in [5, 5.41) is 3.16. The standard InChI is InChI=1S/C7H14N2/c1-8-7-3-5-9(2)6-4-7/h3,8H,4-6H2,1-2H3. The molecule has 0 amide bonds. The second-order valence-electron chi connectivity index (χ2n) is 2.49. The van der Waals surface area contributed by atoms with E-state index in [-0.39, 0.29) is 0 Å². The summed E-state index contributed by atoms with van der Waals surface area (Å²) in [5.74, 6) is 0. The van der Waals surface area contributed by atoms with Crippen LogP contribution in [0.5, 0.6) is 0 Å². The first kappa shape index (κ1) is 6.62. The van der Waals surface area contributed by atoms with Crippen molar-refractivity contribution >= 4 is 0 Å². The molecular weight excluding hydrogens is 112 g/mol. The first-order valence-corrected chi connectivity index (χ1v) is 3.38. The Bertz CT molecular complexity index is 118. The fourth-order valence-electron chi connectivity index (χ4n) is 0.998. The molecule has 1 N–H and O–H groups in total. The molecular formula is C7H14N2. The summed E-state index contributed by atoms with van der Waals surface area (Å²) in [5.41, 5.74) is 1.38. The molecule has 1 rings (SSSR count). The molecule has 0 aliphatic carbocycles. The van der Waals surface area contributed by atoms with Gasteiger partial charge in [-0.3, -0.25) is 0 Å². The Morgan fingerprint density at radius 1 is 1.67 bits per heavy atom. The number of nitrogens with one attached hydrogen (secondary N) is 1. The fourth-order valence-corrected chi connectivity index (χ4v) is 0.998. The molecule has 0 unspecified atom stereocenters. The lowest BCUT2D eigenvalue weighted by atomic mass is 10.2. The maximum absolute atomic E-state index is 3.16. The van der Waals surface area contributed by atoms with Gasteiger partial charge >= 0.3 is 0 Å². The zero-order valence-electron chi connectivity index (χ0n) is 6.15. The van der Waals surface area contributed by atoms with E-state index in [1.165, 1.54) is 18.7 Å². The smallest absolute Gasteiger partial charge is 0.0180 e. The minimum Gasteiger partial charge on any atom is -0.392 e. The Kier molecular flexibility index (Phi) is 2.11. The van der Waals surface area contributed by atoms with Gasteiger partial charge in [-0.05, 0) is 13.5 Å². The van der Waals surface area contributed by atoms with Crippen LogP contribution in [0.25, 0.3) is 0 Å². The van der Waals surface area contributed by atoms with Crippen LogP contribution in [-0.4, -0.2) is 32.1 Å². The molecule has 0 aromatic heterocycles. The van der Waals surface area contributed by atoms with Crippen LogP contribution in [0.4, 0.5) is 0 Å². The molecule has 0 atom stereocenters. The summed E-state index contributed by atoms with van der Waals surface area (Å²) in [4.78, 5) is 2.31. The Hall–Kier alpha value is -0.500. The zero-order valence-corrected chi connectivity index (χ0v) is 6.15. The lowest BCUT2D eigenvalue weighted by Gasteiger charge is -2.21. The van der Waals surface area contributed by atoms with Crippen molar-refractivity contribution in [1.29, 1.82) is 0 Å². The highest BCUT2D eigenvalue weighted by molar-refractivity contribution is 5.03. The third-order valence-electron chi connectivity index (χ3n) is 1.73. The van der Waals surface area contributed by atoms with Crippen molar-refractivity contribution in [3.63, 3.8) is 0 Å². The average molecular weight is 126 g/mol. The second kappa shape index (κ2) is 2.87. The zero-order chi connectivity index (χ0) is 6.69. The Labute approximate surface area is 56.5 Å². The number of nitrogens with zero attached hydrogens (tertiary/aromatic N) is 1. The van der Waals surface area contributed by atoms with Gasteiger partial charge in [-0.15, -0.1) is 0 Å². The predicted octanol–water partition coefficient (Wildman–Crippen LogP) is 0.425. The largest absolute Gasteiger partial charge is 0.392 e. The molecule has 1 aliphatic heterocycles. The summed E-state index contributed by atoms with van der Waals surface area (Å²) >= 11 is 0. The molecule has 0 fully saturated rings. The number of hydrogen-bond donors (Lipinski definition) is 1. The van der Waals surface area contributed by atoms with Crippen molar-refractivity contribution in [2.45, 2.75) is 6.42 Å². The van der Waals surface area contributed by atoms with Gasteiger partial charge in [-0.25, -0.2) is 0 Å². The number of likely N-dealkylation sites (N-methyl/N-ethyl adjacent to an activating group) is 1. The molecule has 9 heavy (non-hydrogen) atoms. The van der Waals surface area contributed by atoms with E-state index < -0.39 is 0 Å². The molecule has 0 aromatic carbocycles. The van der Waals surface area contributed by atoms with Crippen LogP contribution in [0.1, 0.15) is 6.42 Å². The lowest BCUT2D eigenvalue weighted by molar-refractivity contribution is 0.354. The minimum absolute atomic E-state index is 1.09. The molecule has 0 saturated carbocycles. The monoisotopic (exact) mass is 126 g/mol. The summed E-state index contributed by atoms with van der Waals surface area (Å²) in [7, 11) is 4.13. The Morgan fingerprint density at radius 2 is 2.44 bits per heavy atom. The van der Waals surface area contributed by atoms with Crippen LogP contribution in [0.3, 0.4) is 0 Å². The van der Waals surface area contributed by atoms with E-state index in [2.05, 4.69) is 23.3 Å². The highest BCUT2D eigenvalue weighted by Crippen LogP contribution is 2.03. The molecule has 1 aliphatic rings. The van der Waals surface area contributed by atoms with Gasteiger partial charge in [-0.1, -0.05) is 6.08 Å². The molecule has 52 valence electrons. The molecule has 0 radical (unpaired) electrons. The van der Waals surface area contributed by atoms with Crippen molar-refractivity contribution < 1.29 is 0 Å². The van der Waals surface area contributed by atoms with Crippen molar-refractivity contribution in [1.82, 2.24) is 10.2 Å². The van der Waals surface area contributed by atoms with Crippen molar-refractivity contribution in [2.75, 3.05) is 27.2 Å². The molecule has 0 saturated heterocycles. The Morgan fingerprint density at radius 3 is 2.89 bits per heavy atom. The van der Waals surface area contributed by atoms with Crippen LogP contribution in [-0.2, 0) is 0 Å². The maximum atomic E-state index is 3.16. The van der Waals surface area contributed by atoms with Gasteiger partial charge in [0.05, 0.1) is 0 Å². The SMILES string of the molecule is CNC1=CCN(C)CC1. The van der Waals surface area contributed by atoms with E-state index >= 15 is 0 Å². The van der Waals surface area contributed by atoms with Crippen molar-refractivity contribution in [3.05, 3.63) is 11.8 Å². The summed E-state index contributed by atoms with van der Waals surface area (Å²) in [6, 6.07) is 0. The quantitative estimate of drug-likeness (QED) is 0.548. The summed E-state index contributed by atoms with van der Waals surface area (Å²) in [6.07, 6.45) is 3.41. The van der Waals surface area contributed by atoms with Gasteiger partial charge in [0.15, 0.2) is 0 Å². The Balaban J connectivity index is 2.40. The molecule has 2 heteroatoms. The number of rotatable bonds is 1. The van der Waals surface area contributed by atoms with E-state index in [4.69, 9.17) is 0 Å². The third-order valence-corrected chi connectivity index (χ3v) is 1.73. The van der Waals surface area contributed by atoms with Crippen LogP contribution in [0, 0.1) is 0 Å². The van der Waals surface area contributed by atoms with Gasteiger partial charge < -0.3 is 10.2 Å². The first-order valence-electron chi connectivity index (χ1n) is 3.38. The highest BCUT2D eigenvalue weighted by Gasteiger charge is 2.04. The van der Waals surface area contributed by atoms with Crippen LogP contribution >= 0.6 is 0 Å². The van der Waals surface area contributed by atoms with E-state index in [0.29, 0.717) is 0 Å². The van der Waals surface area contributed by atoms with Crippen molar-refractivity contribution in [2.24, 2.45) is 0 Å². The maximum Gasteiger partial charge on any atom is 0.0180 e. The van der Waals surface area contributed by atoms with Gasteiger partial charge in [-0.2, -0.15) is 0 Å². The molecule has 2 nitrogen and oxygen atoms in total. The van der Waals surface area contributed by atoms with Crippen LogP contribution in [0.15, 0.2) is 11.8 Å². The van der Waals surface area contributed by atoms with E-state index in [9.17, 15) is 0 Å². The first-order chi connectivity index (χ1) is 4.33. The van der Waals surface area contributed by atoms with E-state index in [1.54, 1.807) is 0 Å². The van der Waals surface area contributed by atoms with Gasteiger partial charge in [0, 0.05) is 25.8 Å². The van der Waals surface area contributed by atoms with E-state index in [1.807, 2.05) is 7.05 Å². The number of hydrogen-bond acceptors (Lipinski definition) is 2. The van der Waals surface area contributed by atoms with E-state index in [0.717, 1.165) is 6.54 Å². The second-order valence-corrected chi connectivity index (χ2v) is 2.49. The molecule has 1 heterocycles. The topological polar surface area (TPSA) is 15.3 Å². The van der Waals surface area contributed by atoms with Crippen molar-refractivity contribution in [3.8, 4) is 0 Å². The minimum atomic E-state index is 1.09. The predicted molar refractivity (Wildman–Crippen MR) is 39.3 cm³/mol. The normalized spacial score (nSPS) is 21.3. The third kappa shape index (κ3) is 1.72. The summed E-state index contributed by atoms with van der Waals surface area (Å²) in [6.45, 7) is 2.28. The van der Waals surface area contributed by atoms with Crippen LogP contribution < -0.4 is 5.32 Å². The molecule has 0 spiro atoms. The van der Waals surface area contributed by atoms with Gasteiger partial charge in [0.25, 0.3) is 0 Å². The van der Waals surface area contributed by atoms with Gasteiger partial charge in [0.1, 0.15) is 0 Å². The molecule has 0 bridgehead atoms. The molecule has 0 aromatic rings. The highest BCUT2D eigenvalue weighted by atomic mass is 15.1. The van der Waals surface area contributed by atoms with Gasteiger partial charge in [0.2, 0.25) is 0 Å². The lowest BCUT2D eigenvalue weighted by Crippen LogP contribution is -2.27. The van der Waals surface area contributed by atoms with Crippen LogP contribution in [0.2, 0.25) is 0 Å². The average Bonchev–Trinajstić information content (AvgIpc) is 1.90.